The Labute approximate surface area is 137 Å². The minimum absolute atomic E-state index is 0.231. The predicted molar refractivity (Wildman–Crippen MR) is 83.3 cm³/mol. The summed E-state index contributed by atoms with van der Waals surface area (Å²) in [6.07, 6.45) is 0. The van der Waals surface area contributed by atoms with E-state index < -0.39 is 17.7 Å². The standard InChI is InChI=1S/C16H13ClFNO4/c1-22-16(21)10-5-6-13(17)14(7-10)19-15(20)9-23-12-4-2-3-11(18)8-12/h2-8H,9H2,1H3,(H,19,20). The van der Waals surface area contributed by atoms with Crippen LogP contribution in [0.3, 0.4) is 0 Å². The summed E-state index contributed by atoms with van der Waals surface area (Å²) in [6.45, 7) is -0.331. The number of hydrogen-bond donors (Lipinski definition) is 1. The van der Waals surface area contributed by atoms with Gasteiger partial charge in [0.15, 0.2) is 6.61 Å². The van der Waals surface area contributed by atoms with E-state index in [1.807, 2.05) is 0 Å². The first-order chi connectivity index (χ1) is 11.0. The van der Waals surface area contributed by atoms with Crippen LogP contribution in [0.15, 0.2) is 42.5 Å². The van der Waals surface area contributed by atoms with Crippen molar-refractivity contribution >= 4 is 29.2 Å². The molecule has 1 N–H and O–H groups in total. The molecule has 0 saturated carbocycles. The van der Waals surface area contributed by atoms with Crippen molar-refractivity contribution in [3.63, 3.8) is 0 Å². The molecule has 0 atom stereocenters. The van der Waals surface area contributed by atoms with Gasteiger partial charge in [-0.25, -0.2) is 9.18 Å². The summed E-state index contributed by atoms with van der Waals surface area (Å²) >= 11 is 5.97. The summed E-state index contributed by atoms with van der Waals surface area (Å²) in [7, 11) is 1.25. The lowest BCUT2D eigenvalue weighted by Gasteiger charge is -2.10. The highest BCUT2D eigenvalue weighted by Gasteiger charge is 2.11. The van der Waals surface area contributed by atoms with Gasteiger partial charge in [-0.1, -0.05) is 17.7 Å². The highest BCUT2D eigenvalue weighted by atomic mass is 35.5. The molecule has 1 amide bonds. The Kier molecular flexibility index (Phi) is 5.54. The molecule has 0 unspecified atom stereocenters. The smallest absolute Gasteiger partial charge is 0.337 e. The summed E-state index contributed by atoms with van der Waals surface area (Å²) in [6, 6.07) is 9.78. The number of anilines is 1. The van der Waals surface area contributed by atoms with Crippen molar-refractivity contribution in [2.75, 3.05) is 19.0 Å². The van der Waals surface area contributed by atoms with Crippen LogP contribution < -0.4 is 10.1 Å². The van der Waals surface area contributed by atoms with Crippen molar-refractivity contribution in [2.24, 2.45) is 0 Å². The van der Waals surface area contributed by atoms with Gasteiger partial charge in [-0.2, -0.15) is 0 Å². The van der Waals surface area contributed by atoms with Crippen LogP contribution in [0.4, 0.5) is 10.1 Å². The molecule has 0 radical (unpaired) electrons. The number of halogens is 2. The maximum Gasteiger partial charge on any atom is 0.337 e. The quantitative estimate of drug-likeness (QED) is 0.850. The number of esters is 1. The molecule has 2 rings (SSSR count). The lowest BCUT2D eigenvalue weighted by Crippen LogP contribution is -2.20. The maximum atomic E-state index is 13.0. The third-order valence-electron chi connectivity index (χ3n) is 2.83. The number of benzene rings is 2. The fourth-order valence-corrected chi connectivity index (χ4v) is 1.92. The maximum absolute atomic E-state index is 13.0. The van der Waals surface area contributed by atoms with Gasteiger partial charge in [-0.05, 0) is 30.3 Å². The molecular formula is C16H13ClFNO4. The molecule has 2 aromatic rings. The number of carbonyl (C=O) groups is 2. The molecular weight excluding hydrogens is 325 g/mol. The summed E-state index contributed by atoms with van der Waals surface area (Å²) < 4.78 is 22.8. The van der Waals surface area contributed by atoms with Crippen LogP contribution in [-0.2, 0) is 9.53 Å². The largest absolute Gasteiger partial charge is 0.484 e. The van der Waals surface area contributed by atoms with E-state index in [4.69, 9.17) is 16.3 Å². The van der Waals surface area contributed by atoms with Gasteiger partial charge in [0.25, 0.3) is 5.91 Å². The first-order valence-electron chi connectivity index (χ1n) is 6.55. The second-order valence-electron chi connectivity index (χ2n) is 4.48. The Morgan fingerprint density at radius 1 is 1.22 bits per heavy atom. The van der Waals surface area contributed by atoms with Crippen LogP contribution in [0, 0.1) is 5.82 Å². The SMILES string of the molecule is COC(=O)c1ccc(Cl)c(NC(=O)COc2cccc(F)c2)c1. The summed E-state index contributed by atoms with van der Waals surface area (Å²) in [5, 5.41) is 2.78. The first-order valence-corrected chi connectivity index (χ1v) is 6.93. The molecule has 0 saturated heterocycles. The molecule has 0 aliphatic heterocycles. The number of nitrogens with one attached hydrogen (secondary N) is 1. The topological polar surface area (TPSA) is 64.6 Å². The second kappa shape index (κ2) is 7.60. The highest BCUT2D eigenvalue weighted by molar-refractivity contribution is 6.33. The van der Waals surface area contributed by atoms with Crippen molar-refractivity contribution < 1.29 is 23.5 Å². The molecule has 7 heteroatoms. The molecule has 0 fully saturated rings. The van der Waals surface area contributed by atoms with Crippen LogP contribution in [0.25, 0.3) is 0 Å². The Morgan fingerprint density at radius 2 is 2.00 bits per heavy atom. The van der Waals surface area contributed by atoms with Gasteiger partial charge in [-0.3, -0.25) is 4.79 Å². The molecule has 0 spiro atoms. The minimum atomic E-state index is -0.548. The second-order valence-corrected chi connectivity index (χ2v) is 4.89. The van der Waals surface area contributed by atoms with E-state index in [2.05, 4.69) is 10.1 Å². The number of methoxy groups -OCH3 is 1. The summed E-state index contributed by atoms with van der Waals surface area (Å²) in [5.41, 5.74) is 0.501. The van der Waals surface area contributed by atoms with Gasteiger partial charge in [0.2, 0.25) is 0 Å². The zero-order chi connectivity index (χ0) is 16.8. The lowest BCUT2D eigenvalue weighted by atomic mass is 10.2. The van der Waals surface area contributed by atoms with Crippen LogP contribution in [-0.4, -0.2) is 25.6 Å². The van der Waals surface area contributed by atoms with Crippen LogP contribution in [0.1, 0.15) is 10.4 Å². The van der Waals surface area contributed by atoms with Gasteiger partial charge < -0.3 is 14.8 Å². The zero-order valence-corrected chi connectivity index (χ0v) is 12.9. The number of hydrogen-bond acceptors (Lipinski definition) is 4. The fraction of sp³-hybridized carbons (Fsp3) is 0.125. The number of amides is 1. The molecule has 23 heavy (non-hydrogen) atoms. The van der Waals surface area contributed by atoms with Crippen molar-refractivity contribution in [3.8, 4) is 5.75 Å². The molecule has 5 nitrogen and oxygen atoms in total. The molecule has 0 aromatic heterocycles. The van der Waals surface area contributed by atoms with E-state index in [9.17, 15) is 14.0 Å². The lowest BCUT2D eigenvalue weighted by molar-refractivity contribution is -0.118. The first kappa shape index (κ1) is 16.8. The molecule has 0 aliphatic carbocycles. The van der Waals surface area contributed by atoms with Gasteiger partial charge >= 0.3 is 5.97 Å². The summed E-state index contributed by atoms with van der Waals surface area (Å²) in [4.78, 5) is 23.3. The van der Waals surface area contributed by atoms with Crippen LogP contribution in [0.5, 0.6) is 5.75 Å². The third kappa shape index (κ3) is 4.69. The normalized spacial score (nSPS) is 10.0. The Balaban J connectivity index is 2.01. The summed E-state index contributed by atoms with van der Waals surface area (Å²) in [5.74, 6) is -1.28. The molecule has 0 bridgehead atoms. The van der Waals surface area contributed by atoms with E-state index in [-0.39, 0.29) is 28.6 Å². The van der Waals surface area contributed by atoms with E-state index in [1.54, 1.807) is 0 Å². The molecule has 0 heterocycles. The Hall–Kier alpha value is -2.60. The number of carbonyl (C=O) groups excluding carboxylic acids is 2. The van der Waals surface area contributed by atoms with E-state index in [0.717, 1.165) is 6.07 Å². The molecule has 0 aliphatic rings. The van der Waals surface area contributed by atoms with Crippen molar-refractivity contribution in [3.05, 3.63) is 58.9 Å². The number of ether oxygens (including phenoxy) is 2. The predicted octanol–water partition coefficient (Wildman–Crippen LogP) is 3.28. The van der Waals surface area contributed by atoms with Gasteiger partial charge in [0.1, 0.15) is 11.6 Å². The van der Waals surface area contributed by atoms with E-state index in [0.29, 0.717) is 0 Å². The minimum Gasteiger partial charge on any atom is -0.484 e. The van der Waals surface area contributed by atoms with Gasteiger partial charge in [-0.15, -0.1) is 0 Å². The van der Waals surface area contributed by atoms with E-state index in [1.165, 1.54) is 43.5 Å². The average molecular weight is 338 g/mol. The third-order valence-corrected chi connectivity index (χ3v) is 3.16. The Bertz CT molecular complexity index is 736. The van der Waals surface area contributed by atoms with Crippen LogP contribution in [0.2, 0.25) is 5.02 Å². The van der Waals surface area contributed by atoms with Crippen molar-refractivity contribution in [1.82, 2.24) is 0 Å². The van der Waals surface area contributed by atoms with Gasteiger partial charge in [0, 0.05) is 6.07 Å². The van der Waals surface area contributed by atoms with Crippen molar-refractivity contribution in [1.29, 1.82) is 0 Å². The molecule has 2 aromatic carbocycles. The number of rotatable bonds is 5. The molecule has 120 valence electrons. The van der Waals surface area contributed by atoms with Crippen LogP contribution >= 0.6 is 11.6 Å². The average Bonchev–Trinajstić information content (AvgIpc) is 2.54. The monoisotopic (exact) mass is 337 g/mol. The van der Waals surface area contributed by atoms with Crippen molar-refractivity contribution in [2.45, 2.75) is 0 Å². The highest BCUT2D eigenvalue weighted by Crippen LogP contribution is 2.23. The van der Waals surface area contributed by atoms with E-state index >= 15 is 0 Å². The van der Waals surface area contributed by atoms with Gasteiger partial charge in [0.05, 0.1) is 23.4 Å². The Morgan fingerprint density at radius 3 is 2.70 bits per heavy atom. The fourth-order valence-electron chi connectivity index (χ4n) is 1.76. The zero-order valence-electron chi connectivity index (χ0n) is 12.1.